The Labute approximate surface area is 103 Å². The number of phenols is 2. The fraction of sp³-hybridized carbons (Fsp3) is 0.300. The third-order valence-electron chi connectivity index (χ3n) is 2.14. The van der Waals surface area contributed by atoms with Crippen molar-refractivity contribution in [2.75, 3.05) is 0 Å². The Morgan fingerprint density at radius 1 is 1.28 bits per heavy atom. The fourth-order valence-corrected chi connectivity index (χ4v) is 1.50. The van der Waals surface area contributed by atoms with E-state index in [1.807, 2.05) is 0 Å². The number of phenolic OH excluding ortho intramolecular Hbond substituents is 2. The van der Waals surface area contributed by atoms with Gasteiger partial charge in [0.15, 0.2) is 5.78 Å². The van der Waals surface area contributed by atoms with Crippen LogP contribution in [-0.4, -0.2) is 34.4 Å². The number of aromatic hydroxyl groups is 2. The standard InChI is InChI=1S/C10H12O7S/c1-5(11)10-8(12)3-7(4-9(10)13)17-6(2)18(14,15)16/h3-4,6,12-13H,1-2H3,(H,14,15,16). The number of carbonyl (C=O) groups is 1. The van der Waals surface area contributed by atoms with Crippen molar-refractivity contribution < 1.29 is 32.7 Å². The Morgan fingerprint density at radius 3 is 2.06 bits per heavy atom. The van der Waals surface area contributed by atoms with E-state index in [1.165, 1.54) is 0 Å². The van der Waals surface area contributed by atoms with Gasteiger partial charge in [0.05, 0.1) is 0 Å². The van der Waals surface area contributed by atoms with Gasteiger partial charge in [0.25, 0.3) is 0 Å². The molecule has 0 aliphatic heterocycles. The first-order valence-corrected chi connectivity index (χ1v) is 6.33. The molecule has 1 atom stereocenters. The fourth-order valence-electron chi connectivity index (χ4n) is 1.27. The van der Waals surface area contributed by atoms with Gasteiger partial charge >= 0.3 is 10.1 Å². The number of rotatable bonds is 4. The van der Waals surface area contributed by atoms with Gasteiger partial charge < -0.3 is 14.9 Å². The summed E-state index contributed by atoms with van der Waals surface area (Å²) in [5.41, 5.74) is -1.86. The number of benzene rings is 1. The van der Waals surface area contributed by atoms with Crippen LogP contribution in [0.1, 0.15) is 24.2 Å². The molecule has 18 heavy (non-hydrogen) atoms. The Morgan fingerprint density at radius 2 is 1.72 bits per heavy atom. The van der Waals surface area contributed by atoms with Gasteiger partial charge in [-0.25, -0.2) is 0 Å². The van der Waals surface area contributed by atoms with E-state index in [4.69, 9.17) is 9.29 Å². The van der Waals surface area contributed by atoms with E-state index in [9.17, 15) is 23.4 Å². The van der Waals surface area contributed by atoms with Crippen LogP contribution in [0.25, 0.3) is 0 Å². The van der Waals surface area contributed by atoms with Crippen molar-refractivity contribution in [2.24, 2.45) is 0 Å². The van der Waals surface area contributed by atoms with E-state index >= 15 is 0 Å². The SMILES string of the molecule is CC(=O)c1c(O)cc(OC(C)S(=O)(=O)O)cc1O. The molecule has 0 heterocycles. The third-order valence-corrected chi connectivity index (χ3v) is 3.08. The van der Waals surface area contributed by atoms with E-state index in [-0.39, 0.29) is 11.3 Å². The summed E-state index contributed by atoms with van der Waals surface area (Å²) in [7, 11) is -4.41. The Kier molecular flexibility index (Phi) is 3.82. The lowest BCUT2D eigenvalue weighted by Crippen LogP contribution is -2.23. The van der Waals surface area contributed by atoms with Crippen LogP contribution >= 0.6 is 0 Å². The molecule has 100 valence electrons. The molecule has 0 saturated carbocycles. The van der Waals surface area contributed by atoms with Crippen LogP contribution < -0.4 is 4.74 Å². The largest absolute Gasteiger partial charge is 0.507 e. The van der Waals surface area contributed by atoms with Crippen LogP contribution in [0.3, 0.4) is 0 Å². The minimum atomic E-state index is -4.41. The molecule has 1 aromatic rings. The normalized spacial score (nSPS) is 13.1. The molecule has 0 spiro atoms. The third kappa shape index (κ3) is 3.11. The number of hydrogen-bond acceptors (Lipinski definition) is 6. The lowest BCUT2D eigenvalue weighted by atomic mass is 10.1. The number of Topliss-reactive ketones (excluding diaryl/α,β-unsaturated/α-hetero) is 1. The molecule has 0 saturated heterocycles. The Balaban J connectivity index is 3.12. The van der Waals surface area contributed by atoms with E-state index in [1.54, 1.807) is 0 Å². The maximum absolute atomic E-state index is 11.1. The monoisotopic (exact) mass is 276 g/mol. The van der Waals surface area contributed by atoms with Gasteiger partial charge in [-0.3, -0.25) is 9.35 Å². The van der Waals surface area contributed by atoms with Gasteiger partial charge in [-0.05, 0) is 13.8 Å². The average molecular weight is 276 g/mol. The summed E-state index contributed by atoms with van der Waals surface area (Å²) in [6, 6.07) is 1.94. The van der Waals surface area contributed by atoms with Crippen LogP contribution in [0.4, 0.5) is 0 Å². The van der Waals surface area contributed by atoms with Crippen molar-refractivity contribution in [1.82, 2.24) is 0 Å². The molecule has 3 N–H and O–H groups in total. The van der Waals surface area contributed by atoms with Gasteiger partial charge in [-0.15, -0.1) is 0 Å². The lowest BCUT2D eigenvalue weighted by Gasteiger charge is -2.13. The number of ketones is 1. The highest BCUT2D eigenvalue weighted by Gasteiger charge is 2.21. The van der Waals surface area contributed by atoms with Gasteiger partial charge in [-0.1, -0.05) is 0 Å². The lowest BCUT2D eigenvalue weighted by molar-refractivity contribution is 0.101. The quantitative estimate of drug-likeness (QED) is 0.552. The second-order valence-corrected chi connectivity index (χ2v) is 5.29. The van der Waals surface area contributed by atoms with Crippen molar-refractivity contribution in [3.05, 3.63) is 17.7 Å². The highest BCUT2D eigenvalue weighted by Crippen LogP contribution is 2.33. The molecule has 0 aromatic heterocycles. The van der Waals surface area contributed by atoms with Gasteiger partial charge in [0.2, 0.25) is 5.44 Å². The van der Waals surface area contributed by atoms with Gasteiger partial charge in [0, 0.05) is 12.1 Å². The zero-order valence-electron chi connectivity index (χ0n) is 9.61. The molecule has 0 aliphatic rings. The molecule has 1 aromatic carbocycles. The average Bonchev–Trinajstić information content (AvgIpc) is 2.13. The summed E-state index contributed by atoms with van der Waals surface area (Å²) >= 11 is 0. The van der Waals surface area contributed by atoms with Crippen molar-refractivity contribution in [1.29, 1.82) is 0 Å². The van der Waals surface area contributed by atoms with E-state index in [0.29, 0.717) is 0 Å². The molecule has 0 radical (unpaired) electrons. The highest BCUT2D eigenvalue weighted by atomic mass is 32.2. The highest BCUT2D eigenvalue weighted by molar-refractivity contribution is 7.86. The molecule has 1 unspecified atom stereocenters. The van der Waals surface area contributed by atoms with Gasteiger partial charge in [-0.2, -0.15) is 8.42 Å². The molecular formula is C10H12O7S. The van der Waals surface area contributed by atoms with Crippen LogP contribution in [0, 0.1) is 0 Å². The molecule has 7 nitrogen and oxygen atoms in total. The summed E-state index contributed by atoms with van der Waals surface area (Å²) in [6.45, 7) is 2.22. The van der Waals surface area contributed by atoms with Crippen LogP contribution in [0.15, 0.2) is 12.1 Å². The van der Waals surface area contributed by atoms with Crippen molar-refractivity contribution in [2.45, 2.75) is 19.3 Å². The topological polar surface area (TPSA) is 121 Å². The van der Waals surface area contributed by atoms with Crippen LogP contribution in [-0.2, 0) is 10.1 Å². The first-order valence-electron chi connectivity index (χ1n) is 4.82. The Bertz CT molecular complexity index is 553. The summed E-state index contributed by atoms with van der Waals surface area (Å²) in [4.78, 5) is 11.1. The first-order chi connectivity index (χ1) is 8.12. The second kappa shape index (κ2) is 4.83. The zero-order valence-corrected chi connectivity index (χ0v) is 10.4. The van der Waals surface area contributed by atoms with E-state index in [0.717, 1.165) is 26.0 Å². The number of carbonyl (C=O) groups excluding carboxylic acids is 1. The minimum Gasteiger partial charge on any atom is -0.507 e. The Hall–Kier alpha value is -1.80. The number of hydrogen-bond donors (Lipinski definition) is 3. The maximum Gasteiger partial charge on any atom is 0.303 e. The first kappa shape index (κ1) is 14.3. The van der Waals surface area contributed by atoms with Gasteiger partial charge in [0.1, 0.15) is 22.8 Å². The smallest absolute Gasteiger partial charge is 0.303 e. The predicted octanol–water partition coefficient (Wildman–Crippen LogP) is 0.913. The zero-order chi connectivity index (χ0) is 14.1. The molecule has 8 heteroatoms. The second-order valence-electron chi connectivity index (χ2n) is 3.59. The predicted molar refractivity (Wildman–Crippen MR) is 61.4 cm³/mol. The van der Waals surface area contributed by atoms with Crippen molar-refractivity contribution >= 4 is 15.9 Å². The summed E-state index contributed by atoms with van der Waals surface area (Å²) in [5.74, 6) is -1.83. The molecule has 0 bridgehead atoms. The van der Waals surface area contributed by atoms with E-state index < -0.39 is 32.8 Å². The summed E-state index contributed by atoms with van der Waals surface area (Å²) in [5, 5.41) is 19.0. The molecule has 0 fully saturated rings. The van der Waals surface area contributed by atoms with Crippen molar-refractivity contribution in [3.8, 4) is 17.2 Å². The van der Waals surface area contributed by atoms with E-state index in [2.05, 4.69) is 0 Å². The maximum atomic E-state index is 11.1. The summed E-state index contributed by atoms with van der Waals surface area (Å²) < 4.78 is 35.0. The minimum absolute atomic E-state index is 0.194. The number of ether oxygens (including phenoxy) is 1. The van der Waals surface area contributed by atoms with Crippen LogP contribution in [0.2, 0.25) is 0 Å². The molecular weight excluding hydrogens is 264 g/mol. The van der Waals surface area contributed by atoms with Crippen molar-refractivity contribution in [3.63, 3.8) is 0 Å². The molecule has 0 amide bonds. The molecule has 1 rings (SSSR count). The summed E-state index contributed by atoms with van der Waals surface area (Å²) in [6.07, 6.45) is 0. The van der Waals surface area contributed by atoms with Crippen LogP contribution in [0.5, 0.6) is 17.2 Å². The molecule has 0 aliphatic carbocycles.